The lowest BCUT2D eigenvalue weighted by Gasteiger charge is -2.36. The third kappa shape index (κ3) is 2.07. The van der Waals surface area contributed by atoms with Crippen molar-refractivity contribution in [2.24, 2.45) is 11.3 Å². The lowest BCUT2D eigenvalue weighted by atomic mass is 9.73. The second-order valence-electron chi connectivity index (χ2n) is 5.68. The van der Waals surface area contributed by atoms with Gasteiger partial charge in [-0.05, 0) is 42.8 Å². The van der Waals surface area contributed by atoms with Crippen LogP contribution in [0.5, 0.6) is 0 Å². The molecule has 2 bridgehead atoms. The van der Waals surface area contributed by atoms with Crippen LogP contribution in [0.15, 0.2) is 12.2 Å². The monoisotopic (exact) mass is 264 g/mol. The molecule has 2 saturated carbocycles. The van der Waals surface area contributed by atoms with Crippen LogP contribution in [0.3, 0.4) is 0 Å². The van der Waals surface area contributed by atoms with Gasteiger partial charge in [-0.2, -0.15) is 0 Å². The van der Waals surface area contributed by atoms with Gasteiger partial charge in [0, 0.05) is 10.7 Å². The Balaban J connectivity index is 2.06. The minimum atomic E-state index is -0.432. The number of esters is 1. The van der Waals surface area contributed by atoms with Gasteiger partial charge in [-0.25, -0.2) is 4.79 Å². The third-order valence-electron chi connectivity index (χ3n) is 4.50. The van der Waals surface area contributed by atoms with E-state index in [4.69, 9.17) is 4.74 Å². The molecule has 0 unspecified atom stereocenters. The topological polar surface area (TPSA) is 26.3 Å². The van der Waals surface area contributed by atoms with Gasteiger partial charge in [0.2, 0.25) is 0 Å². The fraction of sp³-hybridized carbons (Fsp3) is 0.667. The van der Waals surface area contributed by atoms with E-state index in [1.807, 2.05) is 0 Å². The first-order chi connectivity index (χ1) is 8.42. The standard InChI is InChI=1S/C15H20O2S/c1-5-17-13(16)7-9-18-15-8-6-12(10-15)14(3,4)11(15)2/h12H,2,5-6,8,10H2,1,3-4H3/t12-,15-/m1/s1. The zero-order chi connectivity index (χ0) is 13.4. The van der Waals surface area contributed by atoms with Crippen LogP contribution >= 0.6 is 11.8 Å². The fourth-order valence-corrected chi connectivity index (χ4v) is 4.44. The molecular formula is C15H20O2S. The van der Waals surface area contributed by atoms with E-state index in [-0.39, 0.29) is 10.2 Å². The highest BCUT2D eigenvalue weighted by atomic mass is 32.2. The van der Waals surface area contributed by atoms with Gasteiger partial charge in [0.05, 0.1) is 6.61 Å². The summed E-state index contributed by atoms with van der Waals surface area (Å²) in [6.45, 7) is 11.0. The van der Waals surface area contributed by atoms with Crippen LogP contribution in [0.1, 0.15) is 40.0 Å². The number of rotatable bonds is 2. The van der Waals surface area contributed by atoms with Crippen molar-refractivity contribution in [2.45, 2.75) is 44.8 Å². The van der Waals surface area contributed by atoms with Crippen LogP contribution in [0.25, 0.3) is 0 Å². The molecule has 0 N–H and O–H groups in total. The normalized spacial score (nSPS) is 31.9. The summed E-state index contributed by atoms with van der Waals surface area (Å²) in [5, 5.41) is 2.93. The molecule has 18 heavy (non-hydrogen) atoms. The summed E-state index contributed by atoms with van der Waals surface area (Å²) >= 11 is 1.58. The van der Waals surface area contributed by atoms with Crippen molar-refractivity contribution in [1.82, 2.24) is 0 Å². The Morgan fingerprint density at radius 1 is 1.61 bits per heavy atom. The van der Waals surface area contributed by atoms with Crippen molar-refractivity contribution in [3.8, 4) is 11.2 Å². The van der Waals surface area contributed by atoms with Crippen LogP contribution in [-0.2, 0) is 9.53 Å². The summed E-state index contributed by atoms with van der Waals surface area (Å²) in [7, 11) is 0. The molecule has 2 nitrogen and oxygen atoms in total. The first-order valence-electron chi connectivity index (χ1n) is 6.48. The molecule has 98 valence electrons. The zero-order valence-electron chi connectivity index (χ0n) is 11.3. The summed E-state index contributed by atoms with van der Waals surface area (Å²) in [6.07, 6.45) is 3.54. The van der Waals surface area contributed by atoms with Crippen molar-refractivity contribution in [3.05, 3.63) is 12.2 Å². The lowest BCUT2D eigenvalue weighted by Crippen LogP contribution is -2.29. The Morgan fingerprint density at radius 2 is 2.33 bits per heavy atom. The zero-order valence-corrected chi connectivity index (χ0v) is 12.2. The predicted octanol–water partition coefficient (Wildman–Crippen LogP) is 3.38. The third-order valence-corrected chi connectivity index (χ3v) is 5.71. The molecule has 0 aromatic heterocycles. The minimum Gasteiger partial charge on any atom is -0.456 e. The van der Waals surface area contributed by atoms with Gasteiger partial charge < -0.3 is 4.74 Å². The highest BCUT2D eigenvalue weighted by Crippen LogP contribution is 2.65. The first kappa shape index (κ1) is 13.5. The summed E-state index contributed by atoms with van der Waals surface area (Å²) in [4.78, 5) is 11.2. The Hall–Kier alpha value is -0.880. The fourth-order valence-electron chi connectivity index (χ4n) is 3.22. The molecule has 3 heteroatoms. The van der Waals surface area contributed by atoms with Gasteiger partial charge in [0.25, 0.3) is 0 Å². The van der Waals surface area contributed by atoms with Gasteiger partial charge in [-0.3, -0.25) is 0 Å². The smallest absolute Gasteiger partial charge is 0.385 e. The van der Waals surface area contributed by atoms with E-state index in [0.717, 1.165) is 18.8 Å². The summed E-state index contributed by atoms with van der Waals surface area (Å²) in [5.41, 5.74) is 1.52. The summed E-state index contributed by atoms with van der Waals surface area (Å²) < 4.78 is 4.88. The number of fused-ring (bicyclic) bond motifs is 2. The molecule has 2 atom stereocenters. The molecule has 0 amide bonds. The van der Waals surface area contributed by atoms with Crippen molar-refractivity contribution >= 4 is 17.7 Å². The summed E-state index contributed by atoms with van der Waals surface area (Å²) in [6, 6.07) is 0. The molecule has 2 aliphatic carbocycles. The highest BCUT2D eigenvalue weighted by Gasteiger charge is 2.57. The number of carbonyl (C=O) groups excluding carboxylic acids is 1. The van der Waals surface area contributed by atoms with Crippen LogP contribution < -0.4 is 0 Å². The number of hydrogen-bond acceptors (Lipinski definition) is 3. The van der Waals surface area contributed by atoms with Gasteiger partial charge in [-0.1, -0.05) is 37.8 Å². The van der Waals surface area contributed by atoms with E-state index in [1.165, 1.54) is 12.0 Å². The molecule has 0 spiro atoms. The van der Waals surface area contributed by atoms with Gasteiger partial charge in [0.15, 0.2) is 0 Å². The Bertz CT molecular complexity index is 441. The Morgan fingerprint density at radius 3 is 2.89 bits per heavy atom. The average Bonchev–Trinajstić information content (AvgIpc) is 2.80. The minimum absolute atomic E-state index is 0.0770. The molecule has 2 rings (SSSR count). The second kappa shape index (κ2) is 4.66. The van der Waals surface area contributed by atoms with Crippen LogP contribution in [0.2, 0.25) is 0 Å². The quantitative estimate of drug-likeness (QED) is 0.434. The van der Waals surface area contributed by atoms with Crippen LogP contribution in [0, 0.1) is 22.5 Å². The number of carbonyl (C=O) groups is 1. The maximum atomic E-state index is 11.2. The van der Waals surface area contributed by atoms with Crippen molar-refractivity contribution in [2.75, 3.05) is 6.61 Å². The molecule has 0 heterocycles. The van der Waals surface area contributed by atoms with Gasteiger partial charge >= 0.3 is 5.97 Å². The van der Waals surface area contributed by atoms with Crippen molar-refractivity contribution in [3.63, 3.8) is 0 Å². The molecule has 0 saturated heterocycles. The highest BCUT2D eigenvalue weighted by molar-refractivity contribution is 8.05. The van der Waals surface area contributed by atoms with E-state index in [9.17, 15) is 4.79 Å². The predicted molar refractivity (Wildman–Crippen MR) is 75.0 cm³/mol. The first-order valence-corrected chi connectivity index (χ1v) is 7.29. The van der Waals surface area contributed by atoms with Crippen molar-refractivity contribution in [1.29, 1.82) is 0 Å². The van der Waals surface area contributed by atoms with E-state index in [0.29, 0.717) is 6.61 Å². The largest absolute Gasteiger partial charge is 0.456 e. The van der Waals surface area contributed by atoms with E-state index in [1.54, 1.807) is 18.7 Å². The molecule has 0 aromatic rings. The number of thioether (sulfide) groups is 1. The van der Waals surface area contributed by atoms with E-state index >= 15 is 0 Å². The number of ether oxygens (including phenoxy) is 1. The lowest BCUT2D eigenvalue weighted by molar-refractivity contribution is -0.136. The van der Waals surface area contributed by atoms with Gasteiger partial charge in [0.1, 0.15) is 0 Å². The van der Waals surface area contributed by atoms with Crippen molar-refractivity contribution < 1.29 is 9.53 Å². The number of hydrogen-bond donors (Lipinski definition) is 0. The average molecular weight is 264 g/mol. The second-order valence-corrected chi connectivity index (χ2v) is 6.87. The maximum Gasteiger partial charge on any atom is 0.385 e. The molecule has 0 aliphatic heterocycles. The van der Waals surface area contributed by atoms with Crippen LogP contribution in [-0.4, -0.2) is 17.3 Å². The van der Waals surface area contributed by atoms with Gasteiger partial charge in [-0.15, -0.1) is 0 Å². The van der Waals surface area contributed by atoms with E-state index < -0.39 is 5.97 Å². The SMILES string of the molecule is C=C1C(C)(C)[C@@H]2CC[C@@]1(SC#CC(=O)OCC)C2. The molecule has 0 radical (unpaired) electrons. The maximum absolute atomic E-state index is 11.2. The molecule has 2 fully saturated rings. The molecule has 0 aromatic carbocycles. The summed E-state index contributed by atoms with van der Waals surface area (Å²) in [5.74, 6) is 2.84. The molecule has 2 aliphatic rings. The van der Waals surface area contributed by atoms with E-state index in [2.05, 4.69) is 31.6 Å². The Labute approximate surface area is 114 Å². The molecular weight excluding hydrogens is 244 g/mol. The van der Waals surface area contributed by atoms with Crippen LogP contribution in [0.4, 0.5) is 0 Å². The Kier molecular flexibility index (Phi) is 3.51.